The van der Waals surface area contributed by atoms with Gasteiger partial charge in [-0.15, -0.1) is 0 Å². The van der Waals surface area contributed by atoms with E-state index in [0.717, 1.165) is 24.3 Å². The maximum absolute atomic E-state index is 11.9. The van der Waals surface area contributed by atoms with Gasteiger partial charge in [0.25, 0.3) is 5.91 Å². The largest absolute Gasteiger partial charge is 0.497 e. The molecule has 1 amide bonds. The van der Waals surface area contributed by atoms with E-state index in [4.69, 9.17) is 4.74 Å². The lowest BCUT2D eigenvalue weighted by Gasteiger charge is -2.04. The molecule has 4 heteroatoms. The van der Waals surface area contributed by atoms with Crippen LogP contribution in [0.5, 0.6) is 5.75 Å². The van der Waals surface area contributed by atoms with E-state index in [1.165, 1.54) is 5.56 Å². The molecule has 0 heterocycles. The van der Waals surface area contributed by atoms with Gasteiger partial charge in [0.2, 0.25) is 0 Å². The quantitative estimate of drug-likeness (QED) is 0.656. The maximum atomic E-state index is 11.9. The third-order valence-corrected chi connectivity index (χ3v) is 3.32. The molecule has 22 heavy (non-hydrogen) atoms. The molecule has 1 N–H and O–H groups in total. The third kappa shape index (κ3) is 4.74. The second-order valence-electron chi connectivity index (χ2n) is 5.00. The Hall–Kier alpha value is -2.62. The molecule has 114 valence electrons. The van der Waals surface area contributed by atoms with Crippen LogP contribution in [0.2, 0.25) is 0 Å². The zero-order valence-corrected chi connectivity index (χ0v) is 12.9. The van der Waals surface area contributed by atoms with E-state index < -0.39 is 0 Å². The van der Waals surface area contributed by atoms with Gasteiger partial charge in [0.15, 0.2) is 0 Å². The number of rotatable bonds is 6. The Labute approximate surface area is 130 Å². The number of hydrogen-bond acceptors (Lipinski definition) is 3. The van der Waals surface area contributed by atoms with E-state index in [9.17, 15) is 4.79 Å². The van der Waals surface area contributed by atoms with Gasteiger partial charge in [-0.2, -0.15) is 5.10 Å². The van der Waals surface area contributed by atoms with Crippen molar-refractivity contribution in [1.82, 2.24) is 5.43 Å². The molecule has 0 saturated carbocycles. The molecule has 0 atom stereocenters. The van der Waals surface area contributed by atoms with Crippen molar-refractivity contribution in [3.05, 3.63) is 65.7 Å². The van der Waals surface area contributed by atoms with Gasteiger partial charge in [-0.1, -0.05) is 30.3 Å². The van der Waals surface area contributed by atoms with Gasteiger partial charge in [0.05, 0.1) is 7.11 Å². The van der Waals surface area contributed by atoms with Crippen LogP contribution >= 0.6 is 0 Å². The van der Waals surface area contributed by atoms with Crippen LogP contribution in [0, 0.1) is 0 Å². The fourth-order valence-electron chi connectivity index (χ4n) is 1.97. The highest BCUT2D eigenvalue weighted by Gasteiger charge is 2.03. The van der Waals surface area contributed by atoms with E-state index in [1.54, 1.807) is 19.2 Å². The SMILES string of the molecule is COc1ccc(CC/C(C)=N\NC(=O)c2ccccc2)cc1. The second-order valence-corrected chi connectivity index (χ2v) is 5.00. The van der Waals surface area contributed by atoms with Crippen molar-refractivity contribution in [2.24, 2.45) is 5.10 Å². The summed E-state index contributed by atoms with van der Waals surface area (Å²) in [5.74, 6) is 0.661. The van der Waals surface area contributed by atoms with Crippen molar-refractivity contribution in [3.63, 3.8) is 0 Å². The number of benzene rings is 2. The number of carbonyl (C=O) groups excluding carboxylic acids is 1. The Kier molecular flexibility index (Phi) is 5.72. The zero-order chi connectivity index (χ0) is 15.8. The summed E-state index contributed by atoms with van der Waals surface area (Å²) in [5.41, 5.74) is 5.29. The first-order chi connectivity index (χ1) is 10.7. The molecule has 0 fully saturated rings. The van der Waals surface area contributed by atoms with Gasteiger partial charge in [-0.05, 0) is 49.6 Å². The van der Waals surface area contributed by atoms with Crippen LogP contribution < -0.4 is 10.2 Å². The van der Waals surface area contributed by atoms with Gasteiger partial charge in [-0.3, -0.25) is 4.79 Å². The molecule has 0 radical (unpaired) electrons. The molecule has 2 rings (SSSR count). The number of amides is 1. The predicted molar refractivity (Wildman–Crippen MR) is 88.3 cm³/mol. The number of hydrazone groups is 1. The minimum Gasteiger partial charge on any atom is -0.497 e. The Balaban J connectivity index is 1.83. The summed E-state index contributed by atoms with van der Waals surface area (Å²) in [5, 5.41) is 4.14. The molecule has 2 aromatic rings. The van der Waals surface area contributed by atoms with Crippen molar-refractivity contribution in [3.8, 4) is 5.75 Å². The highest BCUT2D eigenvalue weighted by Crippen LogP contribution is 2.12. The van der Waals surface area contributed by atoms with Crippen molar-refractivity contribution in [2.75, 3.05) is 7.11 Å². The summed E-state index contributed by atoms with van der Waals surface area (Å²) in [4.78, 5) is 11.9. The lowest BCUT2D eigenvalue weighted by Crippen LogP contribution is -2.19. The molecule has 0 aliphatic carbocycles. The molecular weight excluding hydrogens is 276 g/mol. The fourth-order valence-corrected chi connectivity index (χ4v) is 1.97. The van der Waals surface area contributed by atoms with Crippen LogP contribution in [0.4, 0.5) is 0 Å². The van der Waals surface area contributed by atoms with E-state index in [2.05, 4.69) is 10.5 Å². The first-order valence-corrected chi connectivity index (χ1v) is 7.20. The second kappa shape index (κ2) is 7.98. The highest BCUT2D eigenvalue weighted by atomic mass is 16.5. The Morgan fingerprint density at radius 3 is 2.41 bits per heavy atom. The molecule has 0 aliphatic heterocycles. The number of hydrogen-bond donors (Lipinski definition) is 1. The lowest BCUT2D eigenvalue weighted by molar-refractivity contribution is 0.0954. The van der Waals surface area contributed by atoms with Crippen molar-refractivity contribution < 1.29 is 9.53 Å². The summed E-state index contributed by atoms with van der Waals surface area (Å²) in [6.07, 6.45) is 1.67. The normalized spacial score (nSPS) is 11.1. The maximum Gasteiger partial charge on any atom is 0.271 e. The smallest absolute Gasteiger partial charge is 0.271 e. The molecule has 0 bridgehead atoms. The van der Waals surface area contributed by atoms with Crippen LogP contribution in [0.15, 0.2) is 59.7 Å². The Bertz CT molecular complexity index is 634. The summed E-state index contributed by atoms with van der Waals surface area (Å²) < 4.78 is 5.13. The van der Waals surface area contributed by atoms with E-state index in [0.29, 0.717) is 5.56 Å². The molecule has 0 aliphatic rings. The molecule has 0 aromatic heterocycles. The number of nitrogens with zero attached hydrogens (tertiary/aromatic N) is 1. The summed E-state index contributed by atoms with van der Waals surface area (Å²) in [7, 11) is 1.65. The average Bonchev–Trinajstić information content (AvgIpc) is 2.59. The van der Waals surface area contributed by atoms with Crippen molar-refractivity contribution in [1.29, 1.82) is 0 Å². The molecule has 0 spiro atoms. The van der Waals surface area contributed by atoms with E-state index in [-0.39, 0.29) is 5.91 Å². The number of methoxy groups -OCH3 is 1. The summed E-state index contributed by atoms with van der Waals surface area (Å²) in [6, 6.07) is 17.0. The van der Waals surface area contributed by atoms with Gasteiger partial charge >= 0.3 is 0 Å². The number of carbonyl (C=O) groups is 1. The molecular formula is C18H20N2O2. The lowest BCUT2D eigenvalue weighted by atomic mass is 10.1. The first kappa shape index (κ1) is 15.8. The van der Waals surface area contributed by atoms with Crippen molar-refractivity contribution >= 4 is 11.6 Å². The predicted octanol–water partition coefficient (Wildman–Crippen LogP) is 3.43. The Morgan fingerprint density at radius 2 is 1.77 bits per heavy atom. The standard InChI is InChI=1S/C18H20N2O2/c1-14(8-9-15-10-12-17(22-2)13-11-15)19-20-18(21)16-6-4-3-5-7-16/h3-7,10-13H,8-9H2,1-2H3,(H,20,21)/b19-14-. The van der Waals surface area contributed by atoms with Gasteiger partial charge in [0, 0.05) is 11.3 Å². The van der Waals surface area contributed by atoms with Gasteiger partial charge < -0.3 is 4.74 Å². The minimum atomic E-state index is -0.190. The third-order valence-electron chi connectivity index (χ3n) is 3.32. The number of nitrogens with one attached hydrogen (secondary N) is 1. The van der Waals surface area contributed by atoms with E-state index in [1.807, 2.05) is 49.4 Å². The highest BCUT2D eigenvalue weighted by molar-refractivity contribution is 5.95. The van der Waals surface area contributed by atoms with Crippen LogP contribution in [0.1, 0.15) is 29.3 Å². The van der Waals surface area contributed by atoms with E-state index >= 15 is 0 Å². The minimum absolute atomic E-state index is 0.190. The molecule has 0 saturated heterocycles. The monoisotopic (exact) mass is 296 g/mol. The van der Waals surface area contributed by atoms with Crippen LogP contribution in [0.25, 0.3) is 0 Å². The summed E-state index contributed by atoms with van der Waals surface area (Å²) >= 11 is 0. The van der Waals surface area contributed by atoms with Gasteiger partial charge in [-0.25, -0.2) is 5.43 Å². The number of aryl methyl sites for hydroxylation is 1. The first-order valence-electron chi connectivity index (χ1n) is 7.20. The number of ether oxygens (including phenoxy) is 1. The topological polar surface area (TPSA) is 50.7 Å². The molecule has 0 unspecified atom stereocenters. The fraction of sp³-hybridized carbons (Fsp3) is 0.222. The summed E-state index contributed by atoms with van der Waals surface area (Å²) in [6.45, 7) is 1.91. The molecule has 4 nitrogen and oxygen atoms in total. The average molecular weight is 296 g/mol. The van der Waals surface area contributed by atoms with Gasteiger partial charge in [0.1, 0.15) is 5.75 Å². The Morgan fingerprint density at radius 1 is 1.09 bits per heavy atom. The molecule has 2 aromatic carbocycles. The van der Waals surface area contributed by atoms with Crippen LogP contribution in [0.3, 0.4) is 0 Å². The van der Waals surface area contributed by atoms with Crippen LogP contribution in [-0.4, -0.2) is 18.7 Å². The van der Waals surface area contributed by atoms with Crippen molar-refractivity contribution in [2.45, 2.75) is 19.8 Å². The zero-order valence-electron chi connectivity index (χ0n) is 12.9. The van der Waals surface area contributed by atoms with Crippen LogP contribution in [-0.2, 0) is 6.42 Å².